The molecule has 0 spiro atoms. The Morgan fingerprint density at radius 3 is 2.53 bits per heavy atom. The Balaban J connectivity index is 1.82. The lowest BCUT2D eigenvalue weighted by atomic mass is 9.95. The van der Waals surface area contributed by atoms with Gasteiger partial charge in [-0.25, -0.2) is 0 Å². The molecule has 1 saturated heterocycles. The predicted octanol–water partition coefficient (Wildman–Crippen LogP) is 3.16. The van der Waals surface area contributed by atoms with Crippen LogP contribution in [0.1, 0.15) is 17.2 Å². The van der Waals surface area contributed by atoms with E-state index < -0.39 is 17.7 Å². The molecule has 2 aliphatic rings. The van der Waals surface area contributed by atoms with Crippen LogP contribution in [0.3, 0.4) is 0 Å². The first-order valence-corrected chi connectivity index (χ1v) is 10.2. The van der Waals surface area contributed by atoms with E-state index in [9.17, 15) is 14.7 Å². The van der Waals surface area contributed by atoms with E-state index >= 15 is 0 Å². The topological polar surface area (TPSA) is 79.3 Å². The molecule has 1 N–H and O–H groups in total. The first-order valence-electron chi connectivity index (χ1n) is 9.45. The molecule has 0 bridgehead atoms. The van der Waals surface area contributed by atoms with Gasteiger partial charge in [-0.3, -0.25) is 9.59 Å². The number of likely N-dealkylation sites (N-methyl/N-ethyl adjacent to an activating group) is 1. The second-order valence-electron chi connectivity index (χ2n) is 7.42. The number of amides is 1. The van der Waals surface area contributed by atoms with Crippen LogP contribution < -0.4 is 9.47 Å². The van der Waals surface area contributed by atoms with Gasteiger partial charge in [0, 0.05) is 23.1 Å². The zero-order chi connectivity index (χ0) is 21.4. The van der Waals surface area contributed by atoms with Crippen molar-refractivity contribution >= 4 is 33.4 Å². The summed E-state index contributed by atoms with van der Waals surface area (Å²) >= 11 is 3.41. The van der Waals surface area contributed by atoms with Crippen LogP contribution >= 0.6 is 15.9 Å². The SMILES string of the molecule is CN(C)CCN1C(=O)C(=O)/C(=C(/O)c2ccc3c(c2)OCO3)C1c1ccc(Br)cc1. The molecule has 1 unspecified atom stereocenters. The number of hydrogen-bond donors (Lipinski definition) is 1. The third kappa shape index (κ3) is 3.68. The van der Waals surface area contributed by atoms with E-state index in [0.29, 0.717) is 30.2 Å². The molecule has 8 heteroatoms. The van der Waals surface area contributed by atoms with Gasteiger partial charge in [-0.05, 0) is 50.0 Å². The summed E-state index contributed by atoms with van der Waals surface area (Å²) in [5, 5.41) is 11.1. The molecule has 0 saturated carbocycles. The van der Waals surface area contributed by atoms with Gasteiger partial charge >= 0.3 is 0 Å². The summed E-state index contributed by atoms with van der Waals surface area (Å²) in [6.07, 6.45) is 0. The highest BCUT2D eigenvalue weighted by atomic mass is 79.9. The van der Waals surface area contributed by atoms with Crippen molar-refractivity contribution in [3.63, 3.8) is 0 Å². The molecule has 1 fully saturated rings. The van der Waals surface area contributed by atoms with Crippen LogP contribution in [-0.2, 0) is 9.59 Å². The zero-order valence-electron chi connectivity index (χ0n) is 16.6. The predicted molar refractivity (Wildman–Crippen MR) is 114 cm³/mol. The zero-order valence-corrected chi connectivity index (χ0v) is 18.2. The maximum absolute atomic E-state index is 13.0. The lowest BCUT2D eigenvalue weighted by Crippen LogP contribution is -2.35. The minimum absolute atomic E-state index is 0.0694. The molecule has 2 aliphatic heterocycles. The molecule has 1 amide bonds. The van der Waals surface area contributed by atoms with E-state index in [1.165, 1.54) is 4.90 Å². The molecule has 0 aromatic heterocycles. The molecule has 4 rings (SSSR count). The number of Topliss-reactive ketones (excluding diaryl/α,β-unsaturated/α-hetero) is 1. The van der Waals surface area contributed by atoms with Crippen LogP contribution in [0, 0.1) is 0 Å². The van der Waals surface area contributed by atoms with Crippen LogP contribution in [0.5, 0.6) is 11.5 Å². The molecule has 156 valence electrons. The number of likely N-dealkylation sites (tertiary alicyclic amines) is 1. The number of hydrogen-bond acceptors (Lipinski definition) is 6. The standard InChI is InChI=1S/C22H21BrN2O5/c1-24(2)9-10-25-19(13-3-6-15(23)7-4-13)18(21(27)22(25)28)20(26)14-5-8-16-17(11-14)30-12-29-16/h3-8,11,19,26H,9-10,12H2,1-2H3/b20-18+. The van der Waals surface area contributed by atoms with Crippen LogP contribution in [0.15, 0.2) is 52.5 Å². The highest BCUT2D eigenvalue weighted by molar-refractivity contribution is 9.10. The number of aliphatic hydroxyl groups is 1. The number of benzene rings is 2. The van der Waals surface area contributed by atoms with E-state index in [4.69, 9.17) is 9.47 Å². The van der Waals surface area contributed by atoms with Gasteiger partial charge in [0.05, 0.1) is 11.6 Å². The summed E-state index contributed by atoms with van der Waals surface area (Å²) in [5.41, 5.74) is 1.21. The van der Waals surface area contributed by atoms with Crippen molar-refractivity contribution < 1.29 is 24.2 Å². The summed E-state index contributed by atoms with van der Waals surface area (Å²) in [7, 11) is 3.80. The Morgan fingerprint density at radius 2 is 1.83 bits per heavy atom. The molecular formula is C22H21BrN2O5. The van der Waals surface area contributed by atoms with Crippen molar-refractivity contribution in [3.05, 3.63) is 63.6 Å². The molecule has 7 nitrogen and oxygen atoms in total. The Labute approximate surface area is 182 Å². The minimum Gasteiger partial charge on any atom is -0.507 e. The molecule has 0 radical (unpaired) electrons. The number of carbonyl (C=O) groups excluding carboxylic acids is 2. The Hall–Kier alpha value is -2.84. The molecular weight excluding hydrogens is 452 g/mol. The maximum atomic E-state index is 13.0. The Kier molecular flexibility index (Phi) is 5.53. The molecule has 30 heavy (non-hydrogen) atoms. The summed E-state index contributed by atoms with van der Waals surface area (Å²) < 4.78 is 11.6. The minimum atomic E-state index is -0.697. The number of carbonyl (C=O) groups is 2. The number of ether oxygens (including phenoxy) is 2. The number of halogens is 1. The lowest BCUT2D eigenvalue weighted by molar-refractivity contribution is -0.140. The second-order valence-corrected chi connectivity index (χ2v) is 8.33. The Bertz CT molecular complexity index is 1030. The Morgan fingerprint density at radius 1 is 1.13 bits per heavy atom. The molecule has 1 atom stereocenters. The van der Waals surface area contributed by atoms with Crippen molar-refractivity contribution in [3.8, 4) is 11.5 Å². The summed E-state index contributed by atoms with van der Waals surface area (Å²) in [5.74, 6) is -0.487. The van der Waals surface area contributed by atoms with E-state index in [1.54, 1.807) is 18.2 Å². The number of ketones is 1. The average molecular weight is 473 g/mol. The first kappa shape index (κ1) is 20.4. The van der Waals surface area contributed by atoms with Crippen LogP contribution in [0.2, 0.25) is 0 Å². The van der Waals surface area contributed by atoms with Gasteiger partial charge in [0.15, 0.2) is 11.5 Å². The lowest BCUT2D eigenvalue weighted by Gasteiger charge is -2.26. The summed E-state index contributed by atoms with van der Waals surface area (Å²) in [6.45, 7) is 1.05. The maximum Gasteiger partial charge on any atom is 0.295 e. The summed E-state index contributed by atoms with van der Waals surface area (Å²) in [6, 6.07) is 11.6. The third-order valence-corrected chi connectivity index (χ3v) is 5.69. The quantitative estimate of drug-likeness (QED) is 0.409. The van der Waals surface area contributed by atoms with Crippen molar-refractivity contribution in [1.82, 2.24) is 9.80 Å². The third-order valence-electron chi connectivity index (χ3n) is 5.16. The van der Waals surface area contributed by atoms with Crippen molar-refractivity contribution in [2.75, 3.05) is 34.0 Å². The van der Waals surface area contributed by atoms with Crippen LogP contribution in [-0.4, -0.2) is 60.6 Å². The van der Waals surface area contributed by atoms with Crippen molar-refractivity contribution in [1.29, 1.82) is 0 Å². The first-order chi connectivity index (χ1) is 14.4. The van der Waals surface area contributed by atoms with E-state index in [0.717, 1.165) is 10.0 Å². The van der Waals surface area contributed by atoms with Gasteiger partial charge in [-0.2, -0.15) is 0 Å². The van der Waals surface area contributed by atoms with E-state index in [2.05, 4.69) is 15.9 Å². The van der Waals surface area contributed by atoms with E-state index in [-0.39, 0.29) is 18.1 Å². The van der Waals surface area contributed by atoms with Crippen LogP contribution in [0.4, 0.5) is 0 Å². The normalized spacial score (nSPS) is 19.7. The molecule has 0 aliphatic carbocycles. The van der Waals surface area contributed by atoms with Gasteiger partial charge in [-0.15, -0.1) is 0 Å². The fraction of sp³-hybridized carbons (Fsp3) is 0.273. The number of nitrogens with zero attached hydrogens (tertiary/aromatic N) is 2. The van der Waals surface area contributed by atoms with E-state index in [1.807, 2.05) is 43.3 Å². The average Bonchev–Trinajstić information content (AvgIpc) is 3.29. The van der Waals surface area contributed by atoms with Gasteiger partial charge in [0.2, 0.25) is 6.79 Å². The highest BCUT2D eigenvalue weighted by Crippen LogP contribution is 2.41. The number of fused-ring (bicyclic) bond motifs is 1. The smallest absolute Gasteiger partial charge is 0.295 e. The summed E-state index contributed by atoms with van der Waals surface area (Å²) in [4.78, 5) is 29.3. The van der Waals surface area contributed by atoms with Gasteiger partial charge in [0.25, 0.3) is 11.7 Å². The largest absolute Gasteiger partial charge is 0.507 e. The monoisotopic (exact) mass is 472 g/mol. The fourth-order valence-electron chi connectivity index (χ4n) is 3.61. The number of aliphatic hydroxyl groups excluding tert-OH is 1. The van der Waals surface area contributed by atoms with Crippen molar-refractivity contribution in [2.24, 2.45) is 0 Å². The second kappa shape index (κ2) is 8.12. The highest BCUT2D eigenvalue weighted by Gasteiger charge is 2.45. The molecule has 2 heterocycles. The van der Waals surface area contributed by atoms with Crippen molar-refractivity contribution in [2.45, 2.75) is 6.04 Å². The van der Waals surface area contributed by atoms with Gasteiger partial charge in [0.1, 0.15) is 5.76 Å². The van der Waals surface area contributed by atoms with Gasteiger partial charge in [-0.1, -0.05) is 28.1 Å². The molecule has 2 aromatic carbocycles. The van der Waals surface area contributed by atoms with Crippen LogP contribution in [0.25, 0.3) is 5.76 Å². The van der Waals surface area contributed by atoms with Gasteiger partial charge < -0.3 is 24.4 Å². The number of rotatable bonds is 5. The fourth-order valence-corrected chi connectivity index (χ4v) is 3.87. The molecule has 2 aromatic rings.